The number of fused-ring (bicyclic) bond motifs is 1. The quantitative estimate of drug-likeness (QED) is 0.511. The zero-order chi connectivity index (χ0) is 20.3. The second-order valence-corrected chi connectivity index (χ2v) is 6.70. The molecule has 2 heterocycles. The number of aromatic nitrogens is 4. The minimum Gasteiger partial charge on any atom is -0.493 e. The van der Waals surface area contributed by atoms with Crippen molar-refractivity contribution in [2.45, 2.75) is 46.3 Å². The number of hydrogen-bond acceptors (Lipinski definition) is 6. The summed E-state index contributed by atoms with van der Waals surface area (Å²) in [6.07, 6.45) is 1.41. The Labute approximate surface area is 163 Å². The van der Waals surface area contributed by atoms with Crippen LogP contribution in [0.25, 0.3) is 16.9 Å². The molecule has 2 aromatic heterocycles. The predicted molar refractivity (Wildman–Crippen MR) is 108 cm³/mol. The lowest BCUT2D eigenvalue weighted by Gasteiger charge is -2.14. The Bertz CT molecular complexity index is 1020. The molecular weight excluding hydrogens is 358 g/mol. The topological polar surface area (TPSA) is 105 Å². The molecule has 150 valence electrons. The normalized spacial score (nSPS) is 12.5. The molecule has 0 saturated carbocycles. The molecule has 0 amide bonds. The van der Waals surface area contributed by atoms with Gasteiger partial charge in [-0.15, -0.1) is 5.10 Å². The molecule has 3 aromatic rings. The number of likely N-dealkylation sites (N-methyl/N-ethyl adjacent to an activating group) is 1. The highest BCUT2D eigenvalue weighted by Crippen LogP contribution is 2.29. The van der Waals surface area contributed by atoms with Crippen LogP contribution < -0.4 is 15.6 Å². The number of ether oxygens (including phenoxy) is 1. The van der Waals surface area contributed by atoms with Crippen molar-refractivity contribution in [1.29, 1.82) is 0 Å². The van der Waals surface area contributed by atoms with Crippen LogP contribution in [-0.2, 0) is 12.8 Å². The van der Waals surface area contributed by atoms with Gasteiger partial charge in [-0.2, -0.15) is 0 Å². The van der Waals surface area contributed by atoms with Crippen molar-refractivity contribution < 1.29 is 9.84 Å². The van der Waals surface area contributed by atoms with Gasteiger partial charge in [0.2, 0.25) is 0 Å². The molecule has 0 saturated heterocycles. The molecule has 8 nitrogen and oxygen atoms in total. The van der Waals surface area contributed by atoms with Gasteiger partial charge in [-0.3, -0.25) is 10.1 Å². The van der Waals surface area contributed by atoms with Gasteiger partial charge in [0.25, 0.3) is 5.56 Å². The summed E-state index contributed by atoms with van der Waals surface area (Å²) in [6.45, 7) is 6.27. The Morgan fingerprint density at radius 3 is 2.82 bits per heavy atom. The largest absolute Gasteiger partial charge is 0.493 e. The third kappa shape index (κ3) is 3.93. The van der Waals surface area contributed by atoms with Crippen molar-refractivity contribution in [3.63, 3.8) is 0 Å². The average molecular weight is 385 g/mol. The van der Waals surface area contributed by atoms with Crippen molar-refractivity contribution in [1.82, 2.24) is 24.9 Å². The lowest BCUT2D eigenvalue weighted by molar-refractivity contribution is 0.147. The lowest BCUT2D eigenvalue weighted by atomic mass is 10.1. The SMILES string of the molecule is CCCc1nc(C)c2c(=O)[nH]c(-c3cc(C[C@H](O)NC)ccc3OCC)nn12. The molecule has 1 aromatic carbocycles. The summed E-state index contributed by atoms with van der Waals surface area (Å²) in [4.78, 5) is 20.1. The number of hydrogen-bond donors (Lipinski definition) is 3. The maximum absolute atomic E-state index is 12.7. The summed E-state index contributed by atoms with van der Waals surface area (Å²) in [5.74, 6) is 1.81. The van der Waals surface area contributed by atoms with Gasteiger partial charge >= 0.3 is 0 Å². The first kappa shape index (κ1) is 20.0. The van der Waals surface area contributed by atoms with Crippen LogP contribution in [0.2, 0.25) is 0 Å². The molecule has 0 aliphatic heterocycles. The maximum Gasteiger partial charge on any atom is 0.277 e. The summed E-state index contributed by atoms with van der Waals surface area (Å²) in [5.41, 5.74) is 2.47. The number of imidazole rings is 1. The number of nitrogens with zero attached hydrogens (tertiary/aromatic N) is 3. The van der Waals surface area contributed by atoms with Crippen LogP contribution in [0.15, 0.2) is 23.0 Å². The van der Waals surface area contributed by atoms with Crippen LogP contribution in [0, 0.1) is 6.92 Å². The Morgan fingerprint density at radius 2 is 2.14 bits per heavy atom. The Kier molecular flexibility index (Phi) is 6.11. The van der Waals surface area contributed by atoms with Gasteiger partial charge in [-0.1, -0.05) is 13.0 Å². The van der Waals surface area contributed by atoms with E-state index in [0.29, 0.717) is 41.4 Å². The highest BCUT2D eigenvalue weighted by molar-refractivity contribution is 5.66. The molecule has 0 spiro atoms. The molecule has 0 aliphatic rings. The monoisotopic (exact) mass is 385 g/mol. The van der Waals surface area contributed by atoms with Crippen LogP contribution in [-0.4, -0.2) is 44.6 Å². The van der Waals surface area contributed by atoms with E-state index in [1.807, 2.05) is 32.0 Å². The van der Waals surface area contributed by atoms with Gasteiger partial charge in [-0.25, -0.2) is 9.50 Å². The molecule has 8 heteroatoms. The van der Waals surface area contributed by atoms with Gasteiger partial charge in [0.15, 0.2) is 11.3 Å². The molecule has 0 unspecified atom stereocenters. The minimum absolute atomic E-state index is 0.236. The number of aliphatic hydroxyl groups is 1. The summed E-state index contributed by atoms with van der Waals surface area (Å²) >= 11 is 0. The third-order valence-corrected chi connectivity index (χ3v) is 4.58. The van der Waals surface area contributed by atoms with E-state index in [1.54, 1.807) is 11.6 Å². The van der Waals surface area contributed by atoms with E-state index >= 15 is 0 Å². The summed E-state index contributed by atoms with van der Waals surface area (Å²) in [5, 5.41) is 17.4. The highest BCUT2D eigenvalue weighted by atomic mass is 16.5. The number of benzene rings is 1. The van der Waals surface area contributed by atoms with E-state index in [0.717, 1.165) is 24.2 Å². The van der Waals surface area contributed by atoms with E-state index in [2.05, 4.69) is 27.3 Å². The summed E-state index contributed by atoms with van der Waals surface area (Å²) in [7, 11) is 1.70. The van der Waals surface area contributed by atoms with Crippen molar-refractivity contribution in [2.24, 2.45) is 0 Å². The first-order valence-corrected chi connectivity index (χ1v) is 9.58. The number of rotatable bonds is 8. The fourth-order valence-electron chi connectivity index (χ4n) is 3.24. The Morgan fingerprint density at radius 1 is 1.36 bits per heavy atom. The molecule has 3 N–H and O–H groups in total. The molecule has 0 radical (unpaired) electrons. The smallest absolute Gasteiger partial charge is 0.277 e. The van der Waals surface area contributed by atoms with Crippen molar-refractivity contribution in [3.05, 3.63) is 45.6 Å². The summed E-state index contributed by atoms with van der Waals surface area (Å²) < 4.78 is 7.38. The Balaban J connectivity index is 2.18. The van der Waals surface area contributed by atoms with E-state index in [9.17, 15) is 9.90 Å². The second kappa shape index (κ2) is 8.53. The van der Waals surface area contributed by atoms with Crippen molar-refractivity contribution >= 4 is 5.52 Å². The maximum atomic E-state index is 12.7. The van der Waals surface area contributed by atoms with Crippen LogP contribution in [0.4, 0.5) is 0 Å². The molecule has 1 atom stereocenters. The number of aliphatic hydroxyl groups excluding tert-OH is 1. The first-order valence-electron chi connectivity index (χ1n) is 9.58. The average Bonchev–Trinajstić information content (AvgIpc) is 2.99. The van der Waals surface area contributed by atoms with Gasteiger partial charge in [0.05, 0.1) is 17.9 Å². The second-order valence-electron chi connectivity index (χ2n) is 6.70. The molecule has 0 fully saturated rings. The number of nitrogens with one attached hydrogen (secondary N) is 2. The number of aryl methyl sites for hydroxylation is 2. The fraction of sp³-hybridized carbons (Fsp3) is 0.450. The van der Waals surface area contributed by atoms with Crippen LogP contribution in [0.1, 0.15) is 37.4 Å². The van der Waals surface area contributed by atoms with Gasteiger partial charge < -0.3 is 14.8 Å². The Hall–Kier alpha value is -2.71. The van der Waals surface area contributed by atoms with E-state index in [-0.39, 0.29) is 5.56 Å². The van der Waals surface area contributed by atoms with Crippen molar-refractivity contribution in [2.75, 3.05) is 13.7 Å². The standard InChI is InChI=1S/C20H27N5O3/c1-5-7-16-22-12(3)18-20(27)23-19(24-25(16)18)14-10-13(11-17(26)21-4)8-9-15(14)28-6-2/h8-10,17,21,26H,5-7,11H2,1-4H3,(H,23,24,27)/t17-/m0/s1. The van der Waals surface area contributed by atoms with Gasteiger partial charge in [-0.05, 0) is 45.0 Å². The van der Waals surface area contributed by atoms with Crippen LogP contribution >= 0.6 is 0 Å². The highest BCUT2D eigenvalue weighted by Gasteiger charge is 2.17. The molecule has 28 heavy (non-hydrogen) atoms. The van der Waals surface area contributed by atoms with E-state index < -0.39 is 6.23 Å². The summed E-state index contributed by atoms with van der Waals surface area (Å²) in [6, 6.07) is 5.63. The lowest BCUT2D eigenvalue weighted by Crippen LogP contribution is -2.26. The van der Waals surface area contributed by atoms with Crippen LogP contribution in [0.5, 0.6) is 5.75 Å². The fourth-order valence-corrected chi connectivity index (χ4v) is 3.24. The zero-order valence-corrected chi connectivity index (χ0v) is 16.7. The van der Waals surface area contributed by atoms with Gasteiger partial charge in [0, 0.05) is 12.8 Å². The zero-order valence-electron chi connectivity index (χ0n) is 16.7. The van der Waals surface area contributed by atoms with Gasteiger partial charge in [0.1, 0.15) is 17.8 Å². The van der Waals surface area contributed by atoms with Crippen molar-refractivity contribution in [3.8, 4) is 17.1 Å². The van der Waals surface area contributed by atoms with E-state index in [1.165, 1.54) is 0 Å². The van der Waals surface area contributed by atoms with Crippen LogP contribution in [0.3, 0.4) is 0 Å². The third-order valence-electron chi connectivity index (χ3n) is 4.58. The molecule has 0 aliphatic carbocycles. The number of H-pyrrole nitrogens is 1. The van der Waals surface area contributed by atoms with E-state index in [4.69, 9.17) is 4.74 Å². The molecule has 0 bridgehead atoms. The minimum atomic E-state index is -0.660. The molecule has 3 rings (SSSR count). The first-order chi connectivity index (χ1) is 13.5. The number of aromatic amines is 1. The predicted octanol–water partition coefficient (Wildman–Crippen LogP) is 1.82. The molecular formula is C20H27N5O3.